The van der Waals surface area contributed by atoms with Gasteiger partial charge < -0.3 is 0 Å². The van der Waals surface area contributed by atoms with Crippen molar-refractivity contribution in [1.82, 2.24) is 4.90 Å². The van der Waals surface area contributed by atoms with Crippen LogP contribution in [0.15, 0.2) is 24.3 Å². The second-order valence-electron chi connectivity index (χ2n) is 4.92. The molecule has 1 aliphatic rings. The molecule has 2 rings (SSSR count). The maximum Gasteiger partial charge on any atom is 0.260 e. The Morgan fingerprint density at radius 1 is 1.22 bits per heavy atom. The Morgan fingerprint density at radius 2 is 1.89 bits per heavy atom. The van der Waals surface area contributed by atoms with Gasteiger partial charge in [-0.25, -0.2) is 0 Å². The Labute approximate surface area is 108 Å². The van der Waals surface area contributed by atoms with E-state index in [4.69, 9.17) is 0 Å². The Bertz CT molecular complexity index is 436. The fourth-order valence-corrected chi connectivity index (χ4v) is 2.61. The average Bonchev–Trinajstić information content (AvgIpc) is 2.41. The quantitative estimate of drug-likeness (QED) is 0.768. The Morgan fingerprint density at radius 3 is 2.50 bits per heavy atom. The summed E-state index contributed by atoms with van der Waals surface area (Å²) in [6.45, 7) is 1.90. The first-order valence-corrected chi connectivity index (χ1v) is 6.57. The van der Waals surface area contributed by atoms with Gasteiger partial charge in [0.25, 0.3) is 5.91 Å². The van der Waals surface area contributed by atoms with Gasteiger partial charge in [-0.05, 0) is 31.4 Å². The first-order valence-electron chi connectivity index (χ1n) is 6.57. The van der Waals surface area contributed by atoms with E-state index in [0.29, 0.717) is 12.0 Å². The number of hydrogen-bond donors (Lipinski definition) is 0. The first-order chi connectivity index (χ1) is 8.74. The van der Waals surface area contributed by atoms with E-state index < -0.39 is 0 Å². The van der Waals surface area contributed by atoms with Crippen LogP contribution in [0, 0.1) is 6.92 Å². The number of carbonyl (C=O) groups excluding carboxylic acids is 2. The fraction of sp³-hybridized carbons (Fsp3) is 0.467. The van der Waals surface area contributed by atoms with Crippen molar-refractivity contribution in [3.8, 4) is 0 Å². The molecule has 1 saturated carbocycles. The Kier molecular flexibility index (Phi) is 4.13. The third-order valence-corrected chi connectivity index (χ3v) is 3.69. The van der Waals surface area contributed by atoms with E-state index in [0.717, 1.165) is 31.2 Å². The highest BCUT2D eigenvalue weighted by Crippen LogP contribution is 2.23. The summed E-state index contributed by atoms with van der Waals surface area (Å²) in [4.78, 5) is 25.0. The lowest BCUT2D eigenvalue weighted by Gasteiger charge is -2.30. The summed E-state index contributed by atoms with van der Waals surface area (Å²) >= 11 is 0. The maximum atomic E-state index is 12.4. The highest BCUT2D eigenvalue weighted by Gasteiger charge is 2.26. The average molecular weight is 245 g/mol. The molecule has 1 aliphatic carbocycles. The van der Waals surface area contributed by atoms with Crippen LogP contribution in [0.25, 0.3) is 0 Å². The molecule has 0 bridgehead atoms. The zero-order chi connectivity index (χ0) is 13.0. The van der Waals surface area contributed by atoms with Crippen molar-refractivity contribution in [2.45, 2.75) is 45.1 Å². The monoisotopic (exact) mass is 245 g/mol. The normalized spacial score (nSPS) is 16.3. The van der Waals surface area contributed by atoms with Crippen LogP contribution in [0.3, 0.4) is 0 Å². The molecule has 0 unspecified atom stereocenters. The summed E-state index contributed by atoms with van der Waals surface area (Å²) < 4.78 is 0. The molecule has 0 aliphatic heterocycles. The molecule has 3 heteroatoms. The number of benzene rings is 1. The maximum absolute atomic E-state index is 12.4. The molecule has 0 heterocycles. The van der Waals surface area contributed by atoms with Crippen LogP contribution in [0.5, 0.6) is 0 Å². The van der Waals surface area contributed by atoms with Crippen LogP contribution in [0.2, 0.25) is 0 Å². The zero-order valence-corrected chi connectivity index (χ0v) is 10.8. The molecule has 18 heavy (non-hydrogen) atoms. The predicted octanol–water partition coefficient (Wildman–Crippen LogP) is 2.93. The van der Waals surface area contributed by atoms with Crippen molar-refractivity contribution in [1.29, 1.82) is 0 Å². The van der Waals surface area contributed by atoms with Crippen molar-refractivity contribution in [2.24, 2.45) is 0 Å². The van der Waals surface area contributed by atoms with Crippen LogP contribution >= 0.6 is 0 Å². The van der Waals surface area contributed by atoms with Crippen molar-refractivity contribution in [3.63, 3.8) is 0 Å². The van der Waals surface area contributed by atoms with Crippen LogP contribution < -0.4 is 0 Å². The van der Waals surface area contributed by atoms with Gasteiger partial charge in [0.2, 0.25) is 6.41 Å². The molecular weight excluding hydrogens is 226 g/mol. The van der Waals surface area contributed by atoms with Gasteiger partial charge in [0, 0.05) is 11.6 Å². The summed E-state index contributed by atoms with van der Waals surface area (Å²) in [5.41, 5.74) is 1.56. The van der Waals surface area contributed by atoms with Crippen LogP contribution in [-0.2, 0) is 4.79 Å². The van der Waals surface area contributed by atoms with Gasteiger partial charge in [-0.1, -0.05) is 37.5 Å². The molecule has 0 radical (unpaired) electrons. The van der Waals surface area contributed by atoms with E-state index in [2.05, 4.69) is 0 Å². The molecule has 3 nitrogen and oxygen atoms in total. The molecule has 2 amide bonds. The standard InChI is InChI=1S/C15H19NO2/c1-12-7-5-6-10-14(12)15(18)16(11-17)13-8-3-2-4-9-13/h5-7,10-11,13H,2-4,8-9H2,1H3. The minimum atomic E-state index is -0.157. The molecule has 96 valence electrons. The molecule has 1 fully saturated rings. The number of carbonyl (C=O) groups is 2. The van der Waals surface area contributed by atoms with E-state index in [9.17, 15) is 9.59 Å². The molecule has 0 aromatic heterocycles. The van der Waals surface area contributed by atoms with Crippen molar-refractivity contribution < 1.29 is 9.59 Å². The lowest BCUT2D eigenvalue weighted by molar-refractivity contribution is -0.118. The van der Waals surface area contributed by atoms with E-state index in [1.807, 2.05) is 25.1 Å². The van der Waals surface area contributed by atoms with Crippen LogP contribution in [0.4, 0.5) is 0 Å². The van der Waals surface area contributed by atoms with Gasteiger partial charge in [-0.15, -0.1) is 0 Å². The van der Waals surface area contributed by atoms with E-state index in [1.54, 1.807) is 6.07 Å². The number of nitrogens with zero attached hydrogens (tertiary/aromatic N) is 1. The Hall–Kier alpha value is -1.64. The van der Waals surface area contributed by atoms with Gasteiger partial charge in [0.15, 0.2) is 0 Å². The number of hydrogen-bond acceptors (Lipinski definition) is 2. The summed E-state index contributed by atoms with van der Waals surface area (Å²) in [6.07, 6.45) is 6.01. The van der Waals surface area contributed by atoms with Gasteiger partial charge in [0.05, 0.1) is 0 Å². The summed E-state index contributed by atoms with van der Waals surface area (Å²) in [6, 6.07) is 7.51. The third kappa shape index (κ3) is 2.61. The zero-order valence-electron chi connectivity index (χ0n) is 10.8. The van der Waals surface area contributed by atoms with Gasteiger partial charge >= 0.3 is 0 Å². The van der Waals surface area contributed by atoms with Crippen LogP contribution in [0.1, 0.15) is 48.0 Å². The minimum absolute atomic E-state index is 0.0864. The number of amides is 2. The topological polar surface area (TPSA) is 37.4 Å². The predicted molar refractivity (Wildman–Crippen MR) is 70.3 cm³/mol. The second-order valence-corrected chi connectivity index (χ2v) is 4.92. The number of imide groups is 1. The van der Waals surface area contributed by atoms with E-state index in [1.165, 1.54) is 11.3 Å². The fourth-order valence-electron chi connectivity index (χ4n) is 2.61. The molecule has 0 atom stereocenters. The molecule has 1 aromatic rings. The summed E-state index contributed by atoms with van der Waals surface area (Å²) in [7, 11) is 0. The van der Waals surface area contributed by atoms with Crippen molar-refractivity contribution >= 4 is 12.3 Å². The van der Waals surface area contributed by atoms with Crippen LogP contribution in [-0.4, -0.2) is 23.3 Å². The number of rotatable bonds is 3. The van der Waals surface area contributed by atoms with E-state index >= 15 is 0 Å². The van der Waals surface area contributed by atoms with Crippen molar-refractivity contribution in [2.75, 3.05) is 0 Å². The lowest BCUT2D eigenvalue weighted by atomic mass is 9.94. The van der Waals surface area contributed by atoms with Crippen molar-refractivity contribution in [3.05, 3.63) is 35.4 Å². The smallest absolute Gasteiger partial charge is 0.260 e. The molecule has 0 N–H and O–H groups in total. The van der Waals surface area contributed by atoms with E-state index in [-0.39, 0.29) is 11.9 Å². The molecule has 0 spiro atoms. The SMILES string of the molecule is Cc1ccccc1C(=O)N(C=O)C1CCCCC1. The number of aryl methyl sites for hydroxylation is 1. The van der Waals surface area contributed by atoms with Gasteiger partial charge in [0.1, 0.15) is 0 Å². The van der Waals surface area contributed by atoms with Gasteiger partial charge in [-0.3, -0.25) is 14.5 Å². The molecule has 1 aromatic carbocycles. The summed E-state index contributed by atoms with van der Waals surface area (Å²) in [5.74, 6) is -0.157. The molecule has 0 saturated heterocycles. The third-order valence-electron chi connectivity index (χ3n) is 3.69. The largest absolute Gasteiger partial charge is 0.278 e. The highest BCUT2D eigenvalue weighted by molar-refractivity contribution is 6.01. The first kappa shape index (κ1) is 12.8. The van der Waals surface area contributed by atoms with Gasteiger partial charge in [-0.2, -0.15) is 0 Å². The minimum Gasteiger partial charge on any atom is -0.278 e. The Balaban J connectivity index is 2.19. The lowest BCUT2D eigenvalue weighted by Crippen LogP contribution is -2.40. The second kappa shape index (κ2) is 5.80. The molecular formula is C15H19NO2. The summed E-state index contributed by atoms with van der Waals surface area (Å²) in [5, 5.41) is 0. The highest BCUT2D eigenvalue weighted by atomic mass is 16.2.